The number of nitrogens with zero attached hydrogens (tertiary/aromatic N) is 6. The van der Waals surface area contributed by atoms with Gasteiger partial charge in [0.25, 0.3) is 5.91 Å². The first kappa shape index (κ1) is 20.7. The number of carbonyl (C=O) groups excluding carboxylic acids is 1. The summed E-state index contributed by atoms with van der Waals surface area (Å²) in [6, 6.07) is 12.2. The Morgan fingerprint density at radius 2 is 1.75 bits per heavy atom. The highest BCUT2D eigenvalue weighted by molar-refractivity contribution is 5.94. The van der Waals surface area contributed by atoms with Crippen LogP contribution in [0.25, 0.3) is 5.69 Å². The molecule has 3 heterocycles. The molecule has 0 spiro atoms. The fraction of sp³-hybridized carbons (Fsp3) is 0.440. The minimum absolute atomic E-state index is 0.0548. The van der Waals surface area contributed by atoms with Gasteiger partial charge >= 0.3 is 0 Å². The monoisotopic (exact) mass is 430 g/mol. The number of fused-ring (bicyclic) bond motifs is 1. The second kappa shape index (κ2) is 8.37. The van der Waals surface area contributed by atoms with Crippen LogP contribution < -0.4 is 4.90 Å². The van der Waals surface area contributed by atoms with Crippen molar-refractivity contribution >= 4 is 11.7 Å². The number of aromatic nitrogens is 4. The number of aryl methyl sites for hydroxylation is 1. The molecule has 3 aromatic rings. The predicted octanol–water partition coefficient (Wildman–Crippen LogP) is 3.55. The molecule has 0 atom stereocenters. The van der Waals surface area contributed by atoms with E-state index in [1.165, 1.54) is 5.69 Å². The second-order valence-corrected chi connectivity index (χ2v) is 9.03. The lowest BCUT2D eigenvalue weighted by molar-refractivity contribution is 0.0739. The van der Waals surface area contributed by atoms with Crippen LogP contribution in [0, 0.1) is 6.92 Å². The quantitative estimate of drug-likeness (QED) is 0.633. The zero-order valence-electron chi connectivity index (χ0n) is 19.1. The molecule has 1 amide bonds. The van der Waals surface area contributed by atoms with Gasteiger partial charge in [-0.25, -0.2) is 14.6 Å². The summed E-state index contributed by atoms with van der Waals surface area (Å²) in [6.07, 6.45) is 2.99. The van der Waals surface area contributed by atoms with Gasteiger partial charge in [-0.1, -0.05) is 32.0 Å². The standard InChI is InChI=1S/C25H30N6O/c1-17(2)24-26-18(3)16-22(27-24)29-12-14-30(15-13-29)25(32)23-20-10-7-11-21(20)31(28-23)19-8-5-4-6-9-19/h4-6,8-9,16-17H,7,10-15H2,1-3H3. The van der Waals surface area contributed by atoms with Gasteiger partial charge < -0.3 is 9.80 Å². The van der Waals surface area contributed by atoms with Crippen molar-refractivity contribution in [2.24, 2.45) is 0 Å². The number of piperazine rings is 1. The molecule has 32 heavy (non-hydrogen) atoms. The van der Waals surface area contributed by atoms with Crippen LogP contribution in [-0.2, 0) is 12.8 Å². The minimum Gasteiger partial charge on any atom is -0.353 e. The molecule has 0 saturated carbocycles. The minimum atomic E-state index is 0.0548. The molecule has 1 fully saturated rings. The highest BCUT2D eigenvalue weighted by Gasteiger charge is 2.31. The van der Waals surface area contributed by atoms with Crippen LogP contribution in [0.1, 0.15) is 59.5 Å². The maximum absolute atomic E-state index is 13.5. The SMILES string of the molecule is Cc1cc(N2CCN(C(=O)c3nn(-c4ccccc4)c4c3CCC4)CC2)nc(C(C)C)n1. The van der Waals surface area contributed by atoms with Crippen molar-refractivity contribution in [1.29, 1.82) is 0 Å². The van der Waals surface area contributed by atoms with Crippen molar-refractivity contribution in [3.05, 3.63) is 64.9 Å². The highest BCUT2D eigenvalue weighted by Crippen LogP contribution is 2.29. The molecule has 1 saturated heterocycles. The Labute approximate surface area is 189 Å². The molecule has 5 rings (SSSR count). The molecule has 2 aliphatic rings. The van der Waals surface area contributed by atoms with E-state index >= 15 is 0 Å². The summed E-state index contributed by atoms with van der Waals surface area (Å²) in [7, 11) is 0. The zero-order valence-corrected chi connectivity index (χ0v) is 19.1. The summed E-state index contributed by atoms with van der Waals surface area (Å²) < 4.78 is 1.98. The first-order chi connectivity index (χ1) is 15.5. The third kappa shape index (κ3) is 3.76. The van der Waals surface area contributed by atoms with Crippen LogP contribution in [0.15, 0.2) is 36.4 Å². The number of carbonyl (C=O) groups is 1. The molecular formula is C25H30N6O. The predicted molar refractivity (Wildman–Crippen MR) is 125 cm³/mol. The molecule has 7 nitrogen and oxygen atoms in total. The number of benzene rings is 1. The van der Waals surface area contributed by atoms with Gasteiger partial charge in [-0.15, -0.1) is 0 Å². The first-order valence-electron chi connectivity index (χ1n) is 11.6. The van der Waals surface area contributed by atoms with E-state index in [0.717, 1.165) is 60.9 Å². The Bertz CT molecular complexity index is 1130. The Kier molecular flexibility index (Phi) is 5.41. The number of hydrogen-bond donors (Lipinski definition) is 0. The number of anilines is 1. The van der Waals surface area contributed by atoms with Gasteiger partial charge in [0.15, 0.2) is 5.69 Å². The van der Waals surface area contributed by atoms with Gasteiger partial charge in [0.1, 0.15) is 11.6 Å². The topological polar surface area (TPSA) is 67.2 Å². The van der Waals surface area contributed by atoms with Gasteiger partial charge in [0.05, 0.1) is 5.69 Å². The van der Waals surface area contributed by atoms with Gasteiger partial charge in [0.2, 0.25) is 0 Å². The molecule has 2 aromatic heterocycles. The van der Waals surface area contributed by atoms with Crippen LogP contribution >= 0.6 is 0 Å². The zero-order chi connectivity index (χ0) is 22.2. The summed E-state index contributed by atoms with van der Waals surface area (Å²) in [5, 5.41) is 4.79. The molecule has 0 bridgehead atoms. The average molecular weight is 431 g/mol. The lowest BCUT2D eigenvalue weighted by Crippen LogP contribution is -2.49. The third-order valence-corrected chi connectivity index (χ3v) is 6.40. The number of amides is 1. The van der Waals surface area contributed by atoms with Crippen LogP contribution in [0.5, 0.6) is 0 Å². The van der Waals surface area contributed by atoms with Crippen LogP contribution in [-0.4, -0.2) is 56.7 Å². The fourth-order valence-corrected chi connectivity index (χ4v) is 4.67. The van der Waals surface area contributed by atoms with Gasteiger partial charge in [-0.3, -0.25) is 4.79 Å². The third-order valence-electron chi connectivity index (χ3n) is 6.40. The van der Waals surface area contributed by atoms with Crippen LogP contribution in [0.3, 0.4) is 0 Å². The number of para-hydroxylation sites is 1. The van der Waals surface area contributed by atoms with Crippen molar-refractivity contribution in [3.8, 4) is 5.69 Å². The molecule has 7 heteroatoms. The molecular weight excluding hydrogens is 400 g/mol. The molecule has 1 aliphatic heterocycles. The molecule has 1 aromatic carbocycles. The van der Waals surface area contributed by atoms with E-state index in [1.54, 1.807) is 0 Å². The maximum atomic E-state index is 13.5. The van der Waals surface area contributed by atoms with E-state index < -0.39 is 0 Å². The van der Waals surface area contributed by atoms with E-state index in [-0.39, 0.29) is 5.91 Å². The highest BCUT2D eigenvalue weighted by atomic mass is 16.2. The molecule has 1 aliphatic carbocycles. The van der Waals surface area contributed by atoms with Crippen molar-refractivity contribution < 1.29 is 4.79 Å². The maximum Gasteiger partial charge on any atom is 0.274 e. The van der Waals surface area contributed by atoms with E-state index in [0.29, 0.717) is 24.7 Å². The second-order valence-electron chi connectivity index (χ2n) is 9.03. The van der Waals surface area contributed by atoms with Crippen molar-refractivity contribution in [2.75, 3.05) is 31.1 Å². The fourth-order valence-electron chi connectivity index (χ4n) is 4.67. The Morgan fingerprint density at radius 1 is 1.00 bits per heavy atom. The number of rotatable bonds is 4. The largest absolute Gasteiger partial charge is 0.353 e. The summed E-state index contributed by atoms with van der Waals surface area (Å²) in [4.78, 5) is 27.0. The van der Waals surface area contributed by atoms with E-state index in [2.05, 4.69) is 23.7 Å². The van der Waals surface area contributed by atoms with E-state index in [4.69, 9.17) is 10.1 Å². The van der Waals surface area contributed by atoms with Gasteiger partial charge in [0, 0.05) is 55.1 Å². The van der Waals surface area contributed by atoms with Crippen LogP contribution in [0.4, 0.5) is 5.82 Å². The molecule has 0 radical (unpaired) electrons. The molecule has 0 N–H and O–H groups in total. The lowest BCUT2D eigenvalue weighted by Gasteiger charge is -2.35. The van der Waals surface area contributed by atoms with Crippen LogP contribution in [0.2, 0.25) is 0 Å². The van der Waals surface area contributed by atoms with Gasteiger partial charge in [-0.05, 0) is 38.3 Å². The van der Waals surface area contributed by atoms with Crippen molar-refractivity contribution in [2.45, 2.75) is 46.0 Å². The number of hydrogen-bond acceptors (Lipinski definition) is 5. The van der Waals surface area contributed by atoms with Crippen molar-refractivity contribution in [3.63, 3.8) is 0 Å². The van der Waals surface area contributed by atoms with E-state index in [9.17, 15) is 4.79 Å². The summed E-state index contributed by atoms with van der Waals surface area (Å²) >= 11 is 0. The smallest absolute Gasteiger partial charge is 0.274 e. The first-order valence-corrected chi connectivity index (χ1v) is 11.6. The van der Waals surface area contributed by atoms with Gasteiger partial charge in [-0.2, -0.15) is 5.10 Å². The average Bonchev–Trinajstić information content (AvgIpc) is 3.42. The lowest BCUT2D eigenvalue weighted by atomic mass is 10.1. The van der Waals surface area contributed by atoms with E-state index in [1.807, 2.05) is 52.9 Å². The summed E-state index contributed by atoms with van der Waals surface area (Å²) in [6.45, 7) is 9.12. The van der Waals surface area contributed by atoms with Crippen molar-refractivity contribution in [1.82, 2.24) is 24.6 Å². The molecule has 166 valence electrons. The molecule has 0 unspecified atom stereocenters. The Morgan fingerprint density at radius 3 is 2.47 bits per heavy atom. The Hall–Kier alpha value is -3.22. The Balaban J connectivity index is 1.34. The normalized spacial score (nSPS) is 16.0. The summed E-state index contributed by atoms with van der Waals surface area (Å²) in [5.41, 5.74) is 4.97. The summed E-state index contributed by atoms with van der Waals surface area (Å²) in [5.74, 6) is 2.18.